The van der Waals surface area contributed by atoms with Crippen molar-refractivity contribution in [3.05, 3.63) is 30.2 Å². The smallest absolute Gasteiger partial charge is 0.240 e. The second-order valence-electron chi connectivity index (χ2n) is 7.14. The Morgan fingerprint density at radius 2 is 2.04 bits per heavy atom. The van der Waals surface area contributed by atoms with E-state index in [0.29, 0.717) is 6.04 Å². The number of carbonyl (C=O) groups is 1. The van der Waals surface area contributed by atoms with Gasteiger partial charge in [0.15, 0.2) is 0 Å². The van der Waals surface area contributed by atoms with Crippen molar-refractivity contribution < 1.29 is 4.79 Å². The highest BCUT2D eigenvalue weighted by molar-refractivity contribution is 5.85. The van der Waals surface area contributed by atoms with Crippen LogP contribution in [0.3, 0.4) is 0 Å². The normalized spacial score (nSPS) is 16.1. The summed E-state index contributed by atoms with van der Waals surface area (Å²) in [5.41, 5.74) is 1.91. The van der Waals surface area contributed by atoms with E-state index in [1.54, 1.807) is 6.92 Å². The second kappa shape index (κ2) is 6.32. The molecule has 1 fully saturated rings. The SMILES string of the molecule is CC#CC(C)(C)C(=O)N1CCC(n2cc(C)c3cnccc32)CC1. The molecule has 4 nitrogen and oxygen atoms in total. The standard InChI is InChI=1S/C20H25N3O/c1-5-9-20(3,4)19(24)22-11-7-16(8-12-22)23-14-15(2)17-13-21-10-6-18(17)23/h6,10,13-14,16H,7-8,11-12H2,1-4H3. The van der Waals surface area contributed by atoms with Crippen LogP contribution in [0, 0.1) is 24.2 Å². The third-order valence-corrected chi connectivity index (χ3v) is 4.95. The molecule has 0 aliphatic carbocycles. The van der Waals surface area contributed by atoms with Crippen molar-refractivity contribution in [3.8, 4) is 11.8 Å². The summed E-state index contributed by atoms with van der Waals surface area (Å²) >= 11 is 0. The van der Waals surface area contributed by atoms with Crippen molar-refractivity contribution in [3.63, 3.8) is 0 Å². The van der Waals surface area contributed by atoms with Gasteiger partial charge >= 0.3 is 0 Å². The Labute approximate surface area is 143 Å². The van der Waals surface area contributed by atoms with Crippen LogP contribution in [0.1, 0.15) is 45.2 Å². The average Bonchev–Trinajstić information content (AvgIpc) is 2.92. The summed E-state index contributed by atoms with van der Waals surface area (Å²) in [7, 11) is 0. The van der Waals surface area contributed by atoms with Crippen LogP contribution in [-0.2, 0) is 4.79 Å². The lowest BCUT2D eigenvalue weighted by Gasteiger charge is -2.36. The first-order chi connectivity index (χ1) is 11.4. The highest BCUT2D eigenvalue weighted by atomic mass is 16.2. The van der Waals surface area contributed by atoms with Gasteiger partial charge in [-0.2, -0.15) is 0 Å². The minimum absolute atomic E-state index is 0.146. The van der Waals surface area contributed by atoms with E-state index in [1.165, 1.54) is 16.5 Å². The zero-order chi connectivity index (χ0) is 17.3. The molecule has 3 rings (SSSR count). The maximum absolute atomic E-state index is 12.7. The van der Waals surface area contributed by atoms with Gasteiger partial charge in [-0.15, -0.1) is 5.92 Å². The largest absolute Gasteiger partial charge is 0.344 e. The molecule has 0 atom stereocenters. The van der Waals surface area contributed by atoms with Gasteiger partial charge in [-0.25, -0.2) is 0 Å². The van der Waals surface area contributed by atoms with Crippen LogP contribution in [0.4, 0.5) is 0 Å². The molecule has 0 spiro atoms. The van der Waals surface area contributed by atoms with Crippen LogP contribution < -0.4 is 0 Å². The molecular weight excluding hydrogens is 298 g/mol. The van der Waals surface area contributed by atoms with E-state index in [0.717, 1.165) is 25.9 Å². The third kappa shape index (κ3) is 2.91. The second-order valence-corrected chi connectivity index (χ2v) is 7.14. The quantitative estimate of drug-likeness (QED) is 0.793. The summed E-state index contributed by atoms with van der Waals surface area (Å²) < 4.78 is 2.37. The molecule has 1 aliphatic rings. The minimum atomic E-state index is -0.593. The number of hydrogen-bond donors (Lipinski definition) is 0. The number of aromatic nitrogens is 2. The number of piperidine rings is 1. The van der Waals surface area contributed by atoms with Crippen molar-refractivity contribution in [2.45, 2.75) is 46.6 Å². The molecule has 1 amide bonds. The first-order valence-electron chi connectivity index (χ1n) is 8.58. The van der Waals surface area contributed by atoms with Crippen molar-refractivity contribution in [1.82, 2.24) is 14.5 Å². The summed E-state index contributed by atoms with van der Waals surface area (Å²) in [4.78, 5) is 18.9. The Morgan fingerprint density at radius 1 is 1.33 bits per heavy atom. The Hall–Kier alpha value is -2.28. The molecule has 0 radical (unpaired) electrons. The summed E-state index contributed by atoms with van der Waals surface area (Å²) in [6, 6.07) is 2.52. The molecule has 0 bridgehead atoms. The fraction of sp³-hybridized carbons (Fsp3) is 0.500. The lowest BCUT2D eigenvalue weighted by Crippen LogP contribution is -2.45. The Kier molecular flexibility index (Phi) is 4.36. The van der Waals surface area contributed by atoms with Crippen LogP contribution in [-0.4, -0.2) is 33.4 Å². The van der Waals surface area contributed by atoms with Gasteiger partial charge < -0.3 is 9.47 Å². The molecule has 0 aromatic carbocycles. The average molecular weight is 323 g/mol. The fourth-order valence-corrected chi connectivity index (χ4v) is 3.67. The van der Waals surface area contributed by atoms with Crippen LogP contribution in [0.15, 0.2) is 24.7 Å². The number of nitrogens with zero attached hydrogens (tertiary/aromatic N) is 3. The molecule has 0 N–H and O–H groups in total. The van der Waals surface area contributed by atoms with Crippen molar-refractivity contribution in [2.24, 2.45) is 5.41 Å². The Balaban J connectivity index is 1.75. The number of rotatable bonds is 2. The molecule has 4 heteroatoms. The third-order valence-electron chi connectivity index (χ3n) is 4.95. The lowest BCUT2D eigenvalue weighted by molar-refractivity contribution is -0.138. The number of pyridine rings is 1. The van der Waals surface area contributed by atoms with Gasteiger partial charge in [0.1, 0.15) is 5.41 Å². The summed E-state index contributed by atoms with van der Waals surface area (Å²) in [6.07, 6.45) is 7.97. The maximum atomic E-state index is 12.7. The van der Waals surface area contributed by atoms with Crippen LogP contribution in [0.25, 0.3) is 10.9 Å². The van der Waals surface area contributed by atoms with E-state index in [9.17, 15) is 4.79 Å². The van der Waals surface area contributed by atoms with Crippen LogP contribution in [0.2, 0.25) is 0 Å². The minimum Gasteiger partial charge on any atom is -0.344 e. The molecule has 2 aromatic heterocycles. The van der Waals surface area contributed by atoms with E-state index in [1.807, 2.05) is 31.1 Å². The van der Waals surface area contributed by atoms with Crippen molar-refractivity contribution >= 4 is 16.8 Å². The zero-order valence-electron chi connectivity index (χ0n) is 15.0. The van der Waals surface area contributed by atoms with Crippen molar-refractivity contribution in [2.75, 3.05) is 13.1 Å². The highest BCUT2D eigenvalue weighted by Gasteiger charge is 2.33. The van der Waals surface area contributed by atoms with E-state index < -0.39 is 5.41 Å². The molecule has 1 aliphatic heterocycles. The summed E-state index contributed by atoms with van der Waals surface area (Å²) in [6.45, 7) is 9.33. The molecular formula is C20H25N3O. The first kappa shape index (κ1) is 16.6. The van der Waals surface area contributed by atoms with Gasteiger partial charge in [0.2, 0.25) is 5.91 Å². The molecule has 0 unspecified atom stereocenters. The van der Waals surface area contributed by atoms with Crippen LogP contribution >= 0.6 is 0 Å². The van der Waals surface area contributed by atoms with Gasteiger partial charge in [0, 0.05) is 43.1 Å². The predicted molar refractivity (Wildman–Crippen MR) is 96.6 cm³/mol. The fourth-order valence-electron chi connectivity index (χ4n) is 3.67. The van der Waals surface area contributed by atoms with E-state index in [4.69, 9.17) is 0 Å². The van der Waals surface area contributed by atoms with Crippen molar-refractivity contribution in [1.29, 1.82) is 0 Å². The topological polar surface area (TPSA) is 38.1 Å². The maximum Gasteiger partial charge on any atom is 0.240 e. The molecule has 3 heterocycles. The van der Waals surface area contributed by atoms with Gasteiger partial charge in [-0.3, -0.25) is 9.78 Å². The molecule has 24 heavy (non-hydrogen) atoms. The number of carbonyl (C=O) groups excluding carboxylic acids is 1. The Morgan fingerprint density at radius 3 is 2.71 bits per heavy atom. The summed E-state index contributed by atoms with van der Waals surface area (Å²) in [5, 5.41) is 1.22. The molecule has 0 saturated carbocycles. The molecule has 126 valence electrons. The van der Waals surface area contributed by atoms with Gasteiger partial charge in [0.05, 0.1) is 5.52 Å². The number of aryl methyl sites for hydroxylation is 1. The van der Waals surface area contributed by atoms with E-state index in [2.05, 4.69) is 40.6 Å². The van der Waals surface area contributed by atoms with E-state index in [-0.39, 0.29) is 5.91 Å². The van der Waals surface area contributed by atoms with Gasteiger partial charge in [0.25, 0.3) is 0 Å². The molecule has 2 aromatic rings. The highest BCUT2D eigenvalue weighted by Crippen LogP contribution is 2.31. The first-order valence-corrected chi connectivity index (χ1v) is 8.58. The van der Waals surface area contributed by atoms with E-state index >= 15 is 0 Å². The molecule has 1 saturated heterocycles. The monoisotopic (exact) mass is 323 g/mol. The van der Waals surface area contributed by atoms with Gasteiger partial charge in [-0.05, 0) is 52.2 Å². The summed E-state index contributed by atoms with van der Waals surface area (Å²) in [5.74, 6) is 6.06. The number of hydrogen-bond acceptors (Lipinski definition) is 2. The van der Waals surface area contributed by atoms with Crippen LogP contribution in [0.5, 0.6) is 0 Å². The number of amides is 1. The Bertz CT molecular complexity index is 814. The number of fused-ring (bicyclic) bond motifs is 1. The predicted octanol–water partition coefficient (Wildman–Crippen LogP) is 3.56. The van der Waals surface area contributed by atoms with Gasteiger partial charge in [-0.1, -0.05) is 5.92 Å². The lowest BCUT2D eigenvalue weighted by atomic mass is 9.91. The number of likely N-dealkylation sites (tertiary alicyclic amines) is 1. The zero-order valence-corrected chi connectivity index (χ0v) is 15.0.